The van der Waals surface area contributed by atoms with Gasteiger partial charge in [-0.2, -0.15) is 0 Å². The van der Waals surface area contributed by atoms with Crippen molar-refractivity contribution in [2.24, 2.45) is 5.14 Å². The lowest BCUT2D eigenvalue weighted by Crippen LogP contribution is -2.14. The Bertz CT molecular complexity index is 445. The molecule has 1 aromatic heterocycles. The fourth-order valence-electron chi connectivity index (χ4n) is 0.938. The highest BCUT2D eigenvalue weighted by Crippen LogP contribution is 2.21. The average molecular weight is 222 g/mol. The van der Waals surface area contributed by atoms with Crippen LogP contribution < -0.4 is 5.14 Å². The zero-order valence-electron chi connectivity index (χ0n) is 7.24. The van der Waals surface area contributed by atoms with Gasteiger partial charge in [0.1, 0.15) is 0 Å². The van der Waals surface area contributed by atoms with Crippen molar-refractivity contribution in [3.8, 4) is 0 Å². The van der Waals surface area contributed by atoms with Gasteiger partial charge in [-0.05, 0) is 19.1 Å². The lowest BCUT2D eigenvalue weighted by molar-refractivity contribution is 0.150. The minimum absolute atomic E-state index is 0.0356. The molecule has 0 aliphatic carbocycles. The van der Waals surface area contributed by atoms with Gasteiger partial charge >= 0.3 is 0 Å². The monoisotopic (exact) mass is 222 g/mol. The van der Waals surface area contributed by atoms with E-state index in [0.717, 1.165) is 12.1 Å². The van der Waals surface area contributed by atoms with E-state index in [2.05, 4.69) is 4.98 Å². The molecule has 2 N–H and O–H groups in total. The zero-order valence-corrected chi connectivity index (χ0v) is 8.05. The number of aryl methyl sites for hydroxylation is 1. The standard InChI is InChI=1S/C7H8F2N2O2S/c1-4-5(7(8)9)2-3-6(11-4)14(10,12)13/h2-3,7H,1H3,(H2,10,12,13). The molecule has 0 radical (unpaired) electrons. The van der Waals surface area contributed by atoms with Gasteiger partial charge in [-0.25, -0.2) is 27.3 Å². The largest absolute Gasteiger partial charge is 0.265 e. The smallest absolute Gasteiger partial charge is 0.240 e. The maximum atomic E-state index is 12.2. The first kappa shape index (κ1) is 11.0. The SMILES string of the molecule is Cc1nc(S(N)(=O)=O)ccc1C(F)F. The van der Waals surface area contributed by atoms with Crippen LogP contribution in [0.15, 0.2) is 17.2 Å². The van der Waals surface area contributed by atoms with E-state index in [1.54, 1.807) is 0 Å². The van der Waals surface area contributed by atoms with Crippen LogP contribution in [-0.2, 0) is 10.0 Å². The summed E-state index contributed by atoms with van der Waals surface area (Å²) in [7, 11) is -3.92. The summed E-state index contributed by atoms with van der Waals surface area (Å²) in [5, 5.41) is 4.37. The van der Waals surface area contributed by atoms with Gasteiger partial charge in [0.25, 0.3) is 16.4 Å². The minimum Gasteiger partial charge on any atom is -0.240 e. The fraction of sp³-hybridized carbons (Fsp3) is 0.286. The molecule has 0 unspecified atom stereocenters. The number of nitrogens with zero attached hydrogens (tertiary/aromatic N) is 1. The Hall–Kier alpha value is -1.08. The fourth-order valence-corrected chi connectivity index (χ4v) is 1.46. The number of hydrogen-bond acceptors (Lipinski definition) is 3. The predicted molar refractivity (Wildman–Crippen MR) is 45.3 cm³/mol. The van der Waals surface area contributed by atoms with E-state index < -0.39 is 21.5 Å². The van der Waals surface area contributed by atoms with Crippen molar-refractivity contribution in [3.05, 3.63) is 23.4 Å². The summed E-state index contributed by atoms with van der Waals surface area (Å²) in [6.07, 6.45) is -2.67. The topological polar surface area (TPSA) is 73.0 Å². The second-order valence-electron chi connectivity index (χ2n) is 2.67. The van der Waals surface area contributed by atoms with Crippen LogP contribution in [0.25, 0.3) is 0 Å². The molecule has 0 aromatic carbocycles. The van der Waals surface area contributed by atoms with Crippen LogP contribution in [0, 0.1) is 6.92 Å². The Balaban J connectivity index is 3.27. The number of alkyl halides is 2. The molecule has 4 nitrogen and oxygen atoms in total. The number of aromatic nitrogens is 1. The van der Waals surface area contributed by atoms with Gasteiger partial charge in [0.15, 0.2) is 5.03 Å². The summed E-state index contributed by atoms with van der Waals surface area (Å²) in [6, 6.07) is 1.97. The van der Waals surface area contributed by atoms with Crippen LogP contribution in [-0.4, -0.2) is 13.4 Å². The predicted octanol–water partition coefficient (Wildman–Crippen LogP) is 0.975. The molecule has 0 amide bonds. The van der Waals surface area contributed by atoms with Crippen molar-refractivity contribution >= 4 is 10.0 Å². The third-order valence-electron chi connectivity index (χ3n) is 1.63. The molecule has 0 saturated carbocycles. The van der Waals surface area contributed by atoms with E-state index in [-0.39, 0.29) is 11.3 Å². The second kappa shape index (κ2) is 3.58. The van der Waals surface area contributed by atoms with Crippen LogP contribution >= 0.6 is 0 Å². The van der Waals surface area contributed by atoms with Crippen molar-refractivity contribution in [2.45, 2.75) is 18.4 Å². The molecule has 1 heterocycles. The van der Waals surface area contributed by atoms with Crippen LogP contribution in [0.4, 0.5) is 8.78 Å². The van der Waals surface area contributed by atoms with Crippen LogP contribution in [0.2, 0.25) is 0 Å². The van der Waals surface area contributed by atoms with Gasteiger partial charge in [-0.15, -0.1) is 0 Å². The van der Waals surface area contributed by atoms with E-state index in [4.69, 9.17) is 5.14 Å². The number of halogens is 2. The first-order valence-corrected chi connectivity index (χ1v) is 5.15. The minimum atomic E-state index is -3.92. The number of nitrogens with two attached hydrogens (primary N) is 1. The molecule has 0 fully saturated rings. The highest BCUT2D eigenvalue weighted by molar-refractivity contribution is 7.89. The van der Waals surface area contributed by atoms with Crippen molar-refractivity contribution in [1.29, 1.82) is 0 Å². The summed E-state index contributed by atoms with van der Waals surface area (Å²) in [4.78, 5) is 3.47. The molecule has 7 heteroatoms. The number of pyridine rings is 1. The third-order valence-corrected chi connectivity index (χ3v) is 2.44. The second-order valence-corrected chi connectivity index (χ2v) is 4.18. The van der Waals surface area contributed by atoms with E-state index in [1.165, 1.54) is 6.92 Å². The molecule has 1 rings (SSSR count). The molecule has 0 bridgehead atoms. The van der Waals surface area contributed by atoms with Gasteiger partial charge in [0.2, 0.25) is 0 Å². The van der Waals surface area contributed by atoms with E-state index in [1.807, 2.05) is 0 Å². The molecule has 14 heavy (non-hydrogen) atoms. The zero-order chi connectivity index (χ0) is 10.9. The number of sulfonamides is 1. The van der Waals surface area contributed by atoms with Gasteiger partial charge in [0, 0.05) is 11.3 Å². The molecule has 0 atom stereocenters. The van der Waals surface area contributed by atoms with E-state index in [0.29, 0.717) is 0 Å². The lowest BCUT2D eigenvalue weighted by atomic mass is 10.2. The quantitative estimate of drug-likeness (QED) is 0.810. The van der Waals surface area contributed by atoms with Crippen molar-refractivity contribution in [3.63, 3.8) is 0 Å². The summed E-state index contributed by atoms with van der Waals surface area (Å²) in [6.45, 7) is 1.30. The van der Waals surface area contributed by atoms with Crippen LogP contribution in [0.3, 0.4) is 0 Å². The average Bonchev–Trinajstić information content (AvgIpc) is 2.01. The molecular formula is C7H8F2N2O2S. The lowest BCUT2D eigenvalue weighted by Gasteiger charge is -2.04. The molecular weight excluding hydrogens is 214 g/mol. The molecule has 0 aliphatic rings. The molecule has 0 aliphatic heterocycles. The van der Waals surface area contributed by atoms with Crippen molar-refractivity contribution in [2.75, 3.05) is 0 Å². The number of primary sulfonamides is 1. The first-order chi connectivity index (χ1) is 6.32. The Labute approximate surface area is 79.8 Å². The first-order valence-electron chi connectivity index (χ1n) is 3.61. The number of hydrogen-bond donors (Lipinski definition) is 1. The Morgan fingerprint density at radius 3 is 2.36 bits per heavy atom. The molecule has 0 saturated heterocycles. The van der Waals surface area contributed by atoms with E-state index >= 15 is 0 Å². The highest BCUT2D eigenvalue weighted by Gasteiger charge is 2.15. The van der Waals surface area contributed by atoms with Crippen LogP contribution in [0.5, 0.6) is 0 Å². The van der Waals surface area contributed by atoms with Crippen molar-refractivity contribution in [1.82, 2.24) is 4.98 Å². The van der Waals surface area contributed by atoms with Crippen LogP contribution in [0.1, 0.15) is 17.7 Å². The van der Waals surface area contributed by atoms with E-state index in [9.17, 15) is 17.2 Å². The summed E-state index contributed by atoms with van der Waals surface area (Å²) in [5.41, 5.74) is -0.330. The third kappa shape index (κ3) is 2.24. The van der Waals surface area contributed by atoms with Crippen molar-refractivity contribution < 1.29 is 17.2 Å². The van der Waals surface area contributed by atoms with Gasteiger partial charge < -0.3 is 0 Å². The highest BCUT2D eigenvalue weighted by atomic mass is 32.2. The molecule has 78 valence electrons. The maximum Gasteiger partial charge on any atom is 0.265 e. The summed E-state index contributed by atoms with van der Waals surface area (Å²) in [5.74, 6) is 0. The summed E-state index contributed by atoms with van der Waals surface area (Å²) < 4.78 is 46.1. The Morgan fingerprint density at radius 1 is 1.43 bits per heavy atom. The Morgan fingerprint density at radius 2 is 2.00 bits per heavy atom. The Kier molecular flexibility index (Phi) is 2.81. The normalized spacial score (nSPS) is 12.1. The summed E-state index contributed by atoms with van der Waals surface area (Å²) >= 11 is 0. The number of rotatable bonds is 2. The maximum absolute atomic E-state index is 12.2. The van der Waals surface area contributed by atoms with Gasteiger partial charge in [0.05, 0.1) is 0 Å². The van der Waals surface area contributed by atoms with Gasteiger partial charge in [-0.3, -0.25) is 0 Å². The molecule has 1 aromatic rings. The van der Waals surface area contributed by atoms with Gasteiger partial charge in [-0.1, -0.05) is 0 Å². The molecule has 0 spiro atoms.